The van der Waals surface area contributed by atoms with Crippen molar-refractivity contribution in [3.63, 3.8) is 0 Å². The van der Waals surface area contributed by atoms with Crippen molar-refractivity contribution >= 4 is 39.6 Å². The molecule has 6 heteroatoms. The number of fused-ring (bicyclic) bond motifs is 1. The molecule has 0 unspecified atom stereocenters. The van der Waals surface area contributed by atoms with Gasteiger partial charge in [-0.05, 0) is 48.8 Å². The van der Waals surface area contributed by atoms with Crippen LogP contribution >= 0.6 is 11.3 Å². The van der Waals surface area contributed by atoms with Crippen LogP contribution in [-0.4, -0.2) is 45.8 Å². The third kappa shape index (κ3) is 3.16. The summed E-state index contributed by atoms with van der Waals surface area (Å²) in [5, 5.41) is 3.15. The molecule has 0 N–H and O–H groups in total. The van der Waals surface area contributed by atoms with Crippen LogP contribution in [0.1, 0.15) is 29.7 Å². The van der Waals surface area contributed by atoms with Crippen LogP contribution < -0.4 is 0 Å². The first-order valence-electron chi connectivity index (χ1n) is 10.6. The number of aromatic nitrogens is 1. The minimum Gasteiger partial charge on any atom is -0.366 e. The Morgan fingerprint density at radius 2 is 1.77 bits per heavy atom. The van der Waals surface area contributed by atoms with Gasteiger partial charge in [0.1, 0.15) is 5.70 Å². The molecule has 0 saturated carbocycles. The van der Waals surface area contributed by atoms with Crippen molar-refractivity contribution in [2.45, 2.75) is 25.7 Å². The van der Waals surface area contributed by atoms with Crippen LogP contribution in [0.4, 0.5) is 0 Å². The Hall–Kier alpha value is -2.86. The van der Waals surface area contributed by atoms with Crippen molar-refractivity contribution < 1.29 is 9.59 Å². The second kappa shape index (κ2) is 7.76. The number of benzene rings is 1. The smallest absolute Gasteiger partial charge is 0.277 e. The number of imide groups is 1. The molecular weight excluding hydrogens is 394 g/mol. The average molecular weight is 420 g/mol. The lowest BCUT2D eigenvalue weighted by Crippen LogP contribution is -2.38. The van der Waals surface area contributed by atoms with Crippen LogP contribution in [-0.2, 0) is 23.1 Å². The Labute approximate surface area is 180 Å². The fourth-order valence-electron chi connectivity index (χ4n) is 4.68. The largest absolute Gasteiger partial charge is 0.366 e. The van der Waals surface area contributed by atoms with Gasteiger partial charge in [0.2, 0.25) is 0 Å². The fourth-order valence-corrected chi connectivity index (χ4v) is 5.44. The van der Waals surface area contributed by atoms with Crippen molar-refractivity contribution in [2.75, 3.05) is 19.6 Å². The van der Waals surface area contributed by atoms with Crippen LogP contribution in [0.5, 0.6) is 0 Å². The number of nitrogens with zero attached hydrogens (tertiary/aromatic N) is 3. The number of para-hydroxylation sites is 1. The molecule has 5 rings (SSSR count). The zero-order chi connectivity index (χ0) is 20.7. The molecule has 2 aliphatic heterocycles. The van der Waals surface area contributed by atoms with Gasteiger partial charge in [-0.1, -0.05) is 24.3 Å². The number of thiophene rings is 1. The summed E-state index contributed by atoms with van der Waals surface area (Å²) in [6, 6.07) is 12.1. The molecule has 1 saturated heterocycles. The molecule has 2 amide bonds. The van der Waals surface area contributed by atoms with Gasteiger partial charge in [0, 0.05) is 48.7 Å². The van der Waals surface area contributed by atoms with E-state index in [0.717, 1.165) is 41.9 Å². The standard InChI is InChI=1S/C24H25N3O2S/c1-25-16-17(18-8-3-4-9-19(18)25)11-14-27-23(28)21(20-10-7-15-30-20)22(24(27)29)26-12-5-2-6-13-26/h3-4,7-10,15-16H,2,5-6,11-14H2,1H3. The third-order valence-electron chi connectivity index (χ3n) is 6.17. The molecule has 2 aliphatic rings. The summed E-state index contributed by atoms with van der Waals surface area (Å²) in [6.07, 6.45) is 6.08. The van der Waals surface area contributed by atoms with Gasteiger partial charge in [-0.3, -0.25) is 14.5 Å². The first-order valence-corrected chi connectivity index (χ1v) is 11.5. The first-order chi connectivity index (χ1) is 14.6. The lowest BCUT2D eigenvalue weighted by atomic mass is 10.1. The van der Waals surface area contributed by atoms with Crippen molar-refractivity contribution in [2.24, 2.45) is 7.05 Å². The topological polar surface area (TPSA) is 45.6 Å². The summed E-state index contributed by atoms with van der Waals surface area (Å²) in [5.74, 6) is -0.284. The van der Waals surface area contributed by atoms with E-state index >= 15 is 0 Å². The van der Waals surface area contributed by atoms with Gasteiger partial charge >= 0.3 is 0 Å². The van der Waals surface area contributed by atoms with Crippen molar-refractivity contribution in [3.05, 3.63) is 64.1 Å². The quantitative estimate of drug-likeness (QED) is 0.586. The van der Waals surface area contributed by atoms with Crippen molar-refractivity contribution in [1.82, 2.24) is 14.4 Å². The van der Waals surface area contributed by atoms with E-state index in [9.17, 15) is 9.59 Å². The molecule has 154 valence electrons. The Balaban J connectivity index is 1.44. The second-order valence-electron chi connectivity index (χ2n) is 8.04. The van der Waals surface area contributed by atoms with Crippen LogP contribution in [0.15, 0.2) is 53.7 Å². The molecular formula is C24H25N3O2S. The number of hydrogen-bond donors (Lipinski definition) is 0. The minimum absolute atomic E-state index is 0.134. The molecule has 3 aromatic rings. The maximum Gasteiger partial charge on any atom is 0.277 e. The van der Waals surface area contributed by atoms with Crippen LogP contribution in [0.25, 0.3) is 16.5 Å². The summed E-state index contributed by atoms with van der Waals surface area (Å²) in [6.45, 7) is 2.10. The van der Waals surface area contributed by atoms with E-state index in [2.05, 4.69) is 27.8 Å². The number of carbonyl (C=O) groups is 2. The second-order valence-corrected chi connectivity index (χ2v) is 8.99. The number of aryl methyl sites for hydroxylation is 1. The van der Waals surface area contributed by atoms with E-state index in [0.29, 0.717) is 24.2 Å². The SMILES string of the molecule is Cn1cc(CCN2C(=O)C(c3cccs3)=C(N3CCCCC3)C2=O)c2ccccc21. The van der Waals surface area contributed by atoms with Crippen LogP contribution in [0.2, 0.25) is 0 Å². The number of piperidine rings is 1. The predicted molar refractivity (Wildman–Crippen MR) is 120 cm³/mol. The van der Waals surface area contributed by atoms with Crippen molar-refractivity contribution in [1.29, 1.82) is 0 Å². The normalized spacial score (nSPS) is 17.6. The molecule has 1 aromatic carbocycles. The number of carbonyl (C=O) groups excluding carboxylic acids is 2. The van der Waals surface area contributed by atoms with Gasteiger partial charge in [0.05, 0.1) is 5.57 Å². The van der Waals surface area contributed by atoms with Crippen LogP contribution in [0, 0.1) is 0 Å². The third-order valence-corrected chi connectivity index (χ3v) is 7.05. The molecule has 5 nitrogen and oxygen atoms in total. The molecule has 2 aromatic heterocycles. The van der Waals surface area contributed by atoms with E-state index in [4.69, 9.17) is 0 Å². The maximum atomic E-state index is 13.4. The first kappa shape index (κ1) is 19.1. The highest BCUT2D eigenvalue weighted by molar-refractivity contribution is 7.11. The zero-order valence-electron chi connectivity index (χ0n) is 17.1. The van der Waals surface area contributed by atoms with E-state index in [1.807, 2.05) is 36.7 Å². The number of hydrogen-bond acceptors (Lipinski definition) is 4. The highest BCUT2D eigenvalue weighted by atomic mass is 32.1. The lowest BCUT2D eigenvalue weighted by molar-refractivity contribution is -0.137. The summed E-state index contributed by atoms with van der Waals surface area (Å²) in [7, 11) is 2.03. The molecule has 1 fully saturated rings. The van der Waals surface area contributed by atoms with E-state index < -0.39 is 0 Å². The van der Waals surface area contributed by atoms with Gasteiger partial charge in [-0.15, -0.1) is 11.3 Å². The monoisotopic (exact) mass is 419 g/mol. The average Bonchev–Trinajstić information content (AvgIpc) is 3.46. The molecule has 30 heavy (non-hydrogen) atoms. The van der Waals surface area contributed by atoms with Gasteiger partial charge in [0.15, 0.2) is 0 Å². The Bertz CT molecular complexity index is 1140. The molecule has 4 heterocycles. The maximum absolute atomic E-state index is 13.4. The zero-order valence-corrected chi connectivity index (χ0v) is 18.0. The lowest BCUT2D eigenvalue weighted by Gasteiger charge is -2.29. The Morgan fingerprint density at radius 1 is 0.967 bits per heavy atom. The minimum atomic E-state index is -0.150. The molecule has 0 bridgehead atoms. The molecule has 0 aliphatic carbocycles. The van der Waals surface area contributed by atoms with E-state index in [1.54, 1.807) is 0 Å². The Kier molecular flexibility index (Phi) is 4.95. The highest BCUT2D eigenvalue weighted by Crippen LogP contribution is 2.35. The van der Waals surface area contributed by atoms with E-state index in [1.165, 1.54) is 28.0 Å². The summed E-state index contributed by atoms with van der Waals surface area (Å²) >= 11 is 1.53. The van der Waals surface area contributed by atoms with Gasteiger partial charge in [0.25, 0.3) is 11.8 Å². The van der Waals surface area contributed by atoms with Gasteiger partial charge in [-0.25, -0.2) is 0 Å². The van der Waals surface area contributed by atoms with Gasteiger partial charge in [-0.2, -0.15) is 0 Å². The Morgan fingerprint density at radius 3 is 2.53 bits per heavy atom. The fraction of sp³-hybridized carbons (Fsp3) is 0.333. The molecule has 0 spiro atoms. The van der Waals surface area contributed by atoms with Gasteiger partial charge < -0.3 is 9.47 Å². The van der Waals surface area contributed by atoms with E-state index in [-0.39, 0.29) is 11.8 Å². The number of amides is 2. The number of rotatable bonds is 5. The van der Waals surface area contributed by atoms with Crippen molar-refractivity contribution in [3.8, 4) is 0 Å². The number of likely N-dealkylation sites (tertiary alicyclic amines) is 1. The summed E-state index contributed by atoms with van der Waals surface area (Å²) in [4.78, 5) is 31.3. The van der Waals surface area contributed by atoms with Crippen LogP contribution in [0.3, 0.4) is 0 Å². The highest BCUT2D eigenvalue weighted by Gasteiger charge is 2.41. The summed E-state index contributed by atoms with van der Waals surface area (Å²) in [5.41, 5.74) is 3.53. The predicted octanol–water partition coefficient (Wildman–Crippen LogP) is 4.05. The molecule has 0 radical (unpaired) electrons. The summed E-state index contributed by atoms with van der Waals surface area (Å²) < 4.78 is 2.10. The molecule has 0 atom stereocenters.